The third-order valence-corrected chi connectivity index (χ3v) is 5.85. The van der Waals surface area contributed by atoms with Gasteiger partial charge in [-0.2, -0.15) is 5.10 Å². The molecule has 1 aromatic heterocycles. The van der Waals surface area contributed by atoms with Gasteiger partial charge < -0.3 is 9.64 Å². The minimum absolute atomic E-state index is 0.336. The Balaban J connectivity index is 1.65. The summed E-state index contributed by atoms with van der Waals surface area (Å²) in [6.45, 7) is 9.21. The van der Waals surface area contributed by atoms with Gasteiger partial charge in [-0.1, -0.05) is 26.7 Å². The van der Waals surface area contributed by atoms with Gasteiger partial charge in [0.15, 0.2) is 0 Å². The quantitative estimate of drug-likeness (QED) is 0.647. The highest BCUT2D eigenvalue weighted by Gasteiger charge is 2.27. The molecule has 2 aromatic rings. The van der Waals surface area contributed by atoms with E-state index >= 15 is 0 Å². The molecular formula is C22H35N3O. The Hall–Kier alpha value is -1.55. The third-order valence-electron chi connectivity index (χ3n) is 5.85. The summed E-state index contributed by atoms with van der Waals surface area (Å²) >= 11 is 0. The van der Waals surface area contributed by atoms with Gasteiger partial charge in [0, 0.05) is 17.0 Å². The summed E-state index contributed by atoms with van der Waals surface area (Å²) in [7, 11) is 0. The van der Waals surface area contributed by atoms with Crippen molar-refractivity contribution in [2.24, 2.45) is 0 Å². The van der Waals surface area contributed by atoms with Crippen LogP contribution >= 0.6 is 0 Å². The third kappa shape index (κ3) is 4.59. The van der Waals surface area contributed by atoms with Crippen molar-refractivity contribution in [3.05, 3.63) is 23.9 Å². The monoisotopic (exact) mass is 357 g/mol. The standard InChI is InChI=1S/C22H35N3O/c1-4-6-13-25(14-7-5-2)18-9-8-10-19(15-18)26-22-12-11-21-20(17(22)3)16-23-24-21/h11-12,16,18-19H,4-10,13-15H2,1-3H3,(H,23,24). The topological polar surface area (TPSA) is 41.1 Å². The molecule has 0 saturated heterocycles. The zero-order valence-corrected chi connectivity index (χ0v) is 16.8. The van der Waals surface area contributed by atoms with E-state index in [1.807, 2.05) is 6.20 Å². The average Bonchev–Trinajstić information content (AvgIpc) is 3.14. The molecule has 1 heterocycles. The maximum Gasteiger partial charge on any atom is 0.123 e. The van der Waals surface area contributed by atoms with Gasteiger partial charge in [0.05, 0.1) is 11.7 Å². The molecule has 1 aliphatic carbocycles. The lowest BCUT2D eigenvalue weighted by Crippen LogP contribution is -2.42. The number of aromatic amines is 1. The van der Waals surface area contributed by atoms with Crippen molar-refractivity contribution in [2.45, 2.75) is 84.3 Å². The second-order valence-electron chi connectivity index (χ2n) is 7.82. The Morgan fingerprint density at radius 2 is 1.92 bits per heavy atom. The van der Waals surface area contributed by atoms with Crippen LogP contribution in [0.2, 0.25) is 0 Å². The number of ether oxygens (including phenoxy) is 1. The van der Waals surface area contributed by atoms with Crippen molar-refractivity contribution in [1.82, 2.24) is 15.1 Å². The van der Waals surface area contributed by atoms with Crippen molar-refractivity contribution in [3.63, 3.8) is 0 Å². The van der Waals surface area contributed by atoms with Gasteiger partial charge in [-0.15, -0.1) is 0 Å². The minimum atomic E-state index is 0.336. The van der Waals surface area contributed by atoms with Gasteiger partial charge in [-0.05, 0) is 70.7 Å². The van der Waals surface area contributed by atoms with Crippen molar-refractivity contribution in [3.8, 4) is 5.75 Å². The van der Waals surface area contributed by atoms with Crippen LogP contribution in [0.25, 0.3) is 10.9 Å². The summed E-state index contributed by atoms with van der Waals surface area (Å²) in [5.41, 5.74) is 2.29. The van der Waals surface area contributed by atoms with Crippen LogP contribution in [0.4, 0.5) is 0 Å². The molecule has 4 heteroatoms. The second-order valence-corrected chi connectivity index (χ2v) is 7.82. The number of rotatable bonds is 9. The number of hydrogen-bond donors (Lipinski definition) is 1. The van der Waals surface area contributed by atoms with Crippen LogP contribution < -0.4 is 4.74 Å². The van der Waals surface area contributed by atoms with E-state index < -0.39 is 0 Å². The van der Waals surface area contributed by atoms with E-state index in [1.165, 1.54) is 69.0 Å². The number of unbranched alkanes of at least 4 members (excludes halogenated alkanes) is 2. The van der Waals surface area contributed by atoms with E-state index in [2.05, 4.69) is 48.0 Å². The van der Waals surface area contributed by atoms with Gasteiger partial charge in [-0.3, -0.25) is 5.10 Å². The van der Waals surface area contributed by atoms with E-state index in [1.54, 1.807) is 0 Å². The Morgan fingerprint density at radius 1 is 1.15 bits per heavy atom. The van der Waals surface area contributed by atoms with Crippen molar-refractivity contribution >= 4 is 10.9 Å². The molecule has 1 saturated carbocycles. The largest absolute Gasteiger partial charge is 0.490 e. The summed E-state index contributed by atoms with van der Waals surface area (Å²) in [5.74, 6) is 1.03. The number of aryl methyl sites for hydroxylation is 1. The minimum Gasteiger partial charge on any atom is -0.490 e. The number of nitrogens with zero attached hydrogens (tertiary/aromatic N) is 2. The smallest absolute Gasteiger partial charge is 0.123 e. The molecule has 0 amide bonds. The summed E-state index contributed by atoms with van der Waals surface area (Å²) < 4.78 is 6.48. The molecule has 3 rings (SSSR count). The highest BCUT2D eigenvalue weighted by molar-refractivity contribution is 5.83. The highest BCUT2D eigenvalue weighted by atomic mass is 16.5. The molecule has 2 atom stereocenters. The number of benzene rings is 1. The first-order valence-corrected chi connectivity index (χ1v) is 10.6. The van der Waals surface area contributed by atoms with Crippen LogP contribution in [0.3, 0.4) is 0 Å². The van der Waals surface area contributed by atoms with E-state index in [4.69, 9.17) is 4.74 Å². The molecule has 0 aliphatic heterocycles. The second kappa shape index (κ2) is 9.40. The van der Waals surface area contributed by atoms with Crippen LogP contribution in [-0.2, 0) is 0 Å². The summed E-state index contributed by atoms with van der Waals surface area (Å²) in [6.07, 6.45) is 12.3. The Labute approximate surface area is 158 Å². The van der Waals surface area contributed by atoms with E-state index in [9.17, 15) is 0 Å². The Kier molecular flexibility index (Phi) is 6.95. The molecule has 1 N–H and O–H groups in total. The predicted molar refractivity (Wildman–Crippen MR) is 109 cm³/mol. The molecular weight excluding hydrogens is 322 g/mol. The molecule has 1 aliphatic rings. The number of hydrogen-bond acceptors (Lipinski definition) is 3. The van der Waals surface area contributed by atoms with Crippen LogP contribution in [0, 0.1) is 6.92 Å². The average molecular weight is 358 g/mol. The highest BCUT2D eigenvalue weighted by Crippen LogP contribution is 2.31. The lowest BCUT2D eigenvalue weighted by molar-refractivity contribution is 0.0741. The lowest BCUT2D eigenvalue weighted by Gasteiger charge is -2.38. The normalized spacial score (nSPS) is 20.8. The first-order chi connectivity index (χ1) is 12.7. The number of nitrogens with one attached hydrogen (secondary N) is 1. The SMILES string of the molecule is CCCCN(CCCC)C1CCCC(Oc2ccc3[nH]ncc3c2C)C1. The number of H-pyrrole nitrogens is 1. The van der Waals surface area contributed by atoms with Crippen molar-refractivity contribution in [2.75, 3.05) is 13.1 Å². The molecule has 144 valence electrons. The van der Waals surface area contributed by atoms with Gasteiger partial charge in [-0.25, -0.2) is 0 Å². The fraction of sp³-hybridized carbons (Fsp3) is 0.682. The Morgan fingerprint density at radius 3 is 2.65 bits per heavy atom. The number of fused-ring (bicyclic) bond motifs is 1. The zero-order chi connectivity index (χ0) is 18.4. The van der Waals surface area contributed by atoms with E-state index in [0.29, 0.717) is 12.1 Å². The molecule has 26 heavy (non-hydrogen) atoms. The predicted octanol–water partition coefficient (Wildman–Crippen LogP) is 5.46. The van der Waals surface area contributed by atoms with Crippen molar-refractivity contribution < 1.29 is 4.74 Å². The van der Waals surface area contributed by atoms with Crippen molar-refractivity contribution in [1.29, 1.82) is 0 Å². The van der Waals surface area contributed by atoms with Crippen LogP contribution in [-0.4, -0.2) is 40.3 Å². The maximum atomic E-state index is 6.48. The van der Waals surface area contributed by atoms with Gasteiger partial charge in [0.25, 0.3) is 0 Å². The molecule has 1 aromatic carbocycles. The maximum absolute atomic E-state index is 6.48. The molecule has 0 spiro atoms. The summed E-state index contributed by atoms with van der Waals surface area (Å²) in [4.78, 5) is 2.74. The number of aromatic nitrogens is 2. The van der Waals surface area contributed by atoms with Gasteiger partial charge in [0.1, 0.15) is 11.9 Å². The first-order valence-electron chi connectivity index (χ1n) is 10.6. The van der Waals surface area contributed by atoms with E-state index in [0.717, 1.165) is 17.7 Å². The van der Waals surface area contributed by atoms with Gasteiger partial charge in [0.2, 0.25) is 0 Å². The van der Waals surface area contributed by atoms with Crippen LogP contribution in [0.1, 0.15) is 70.8 Å². The van der Waals surface area contributed by atoms with Gasteiger partial charge >= 0.3 is 0 Å². The molecule has 2 unspecified atom stereocenters. The molecule has 0 bridgehead atoms. The molecule has 4 nitrogen and oxygen atoms in total. The first kappa shape index (κ1) is 19.2. The fourth-order valence-corrected chi connectivity index (χ4v) is 4.20. The summed E-state index contributed by atoms with van der Waals surface area (Å²) in [6, 6.07) is 4.87. The van der Waals surface area contributed by atoms with E-state index in [-0.39, 0.29) is 0 Å². The Bertz CT molecular complexity index is 673. The molecule has 1 fully saturated rings. The lowest BCUT2D eigenvalue weighted by atomic mass is 9.91. The van der Waals surface area contributed by atoms with Crippen LogP contribution in [0.15, 0.2) is 18.3 Å². The summed E-state index contributed by atoms with van der Waals surface area (Å²) in [5, 5.41) is 8.36. The molecule has 0 radical (unpaired) electrons. The zero-order valence-electron chi connectivity index (χ0n) is 16.8. The van der Waals surface area contributed by atoms with Crippen LogP contribution in [0.5, 0.6) is 5.75 Å². The fourth-order valence-electron chi connectivity index (χ4n) is 4.20.